The van der Waals surface area contributed by atoms with Gasteiger partial charge in [0.25, 0.3) is 0 Å². The summed E-state index contributed by atoms with van der Waals surface area (Å²) in [7, 11) is 0. The Hall–Kier alpha value is -0.900. The maximum absolute atomic E-state index is 10.6. The van der Waals surface area contributed by atoms with Gasteiger partial charge < -0.3 is 5.11 Å². The topological polar surface area (TPSA) is 50.2 Å². The number of rotatable bonds is 2. The number of hydrogen-bond donors (Lipinski definition) is 1. The number of halogens is 1. The Morgan fingerprint density at radius 2 is 2.42 bits per heavy atom. The molecule has 1 heterocycles. The van der Waals surface area contributed by atoms with E-state index in [1.165, 1.54) is 0 Å². The molecule has 1 N–H and O–H groups in total. The first-order valence-electron chi connectivity index (χ1n) is 3.45. The van der Waals surface area contributed by atoms with E-state index in [1.54, 1.807) is 25.3 Å². The zero-order valence-electron chi connectivity index (χ0n) is 6.49. The highest BCUT2D eigenvalue weighted by Gasteiger charge is 2.14. The summed E-state index contributed by atoms with van der Waals surface area (Å²) >= 11 is 3.25. The van der Waals surface area contributed by atoms with Crippen LogP contribution in [0.4, 0.5) is 0 Å². The summed E-state index contributed by atoms with van der Waals surface area (Å²) in [4.78, 5) is 14.5. The van der Waals surface area contributed by atoms with Gasteiger partial charge in [-0.1, -0.05) is 15.9 Å². The highest BCUT2D eigenvalue weighted by molar-refractivity contribution is 9.10. The molecular formula is C8H8BrNO2. The number of carboxylic acid groups (broad SMARTS) is 1. The average molecular weight is 230 g/mol. The molecule has 1 atom stereocenters. The number of hydrogen-bond acceptors (Lipinski definition) is 2. The lowest BCUT2D eigenvalue weighted by atomic mass is 10.1. The number of aromatic nitrogens is 1. The van der Waals surface area contributed by atoms with Gasteiger partial charge in [0.1, 0.15) is 0 Å². The average Bonchev–Trinajstić information content (AvgIpc) is 2.03. The van der Waals surface area contributed by atoms with Crippen LogP contribution >= 0.6 is 15.9 Å². The molecule has 64 valence electrons. The van der Waals surface area contributed by atoms with Crippen LogP contribution in [-0.2, 0) is 4.79 Å². The van der Waals surface area contributed by atoms with Gasteiger partial charge in [0, 0.05) is 10.7 Å². The molecule has 1 aromatic rings. The Bertz CT molecular complexity index is 301. The van der Waals surface area contributed by atoms with Gasteiger partial charge >= 0.3 is 5.97 Å². The predicted molar refractivity (Wildman–Crippen MR) is 48.0 cm³/mol. The van der Waals surface area contributed by atoms with E-state index in [9.17, 15) is 4.79 Å². The lowest BCUT2D eigenvalue weighted by Crippen LogP contribution is -2.08. The van der Waals surface area contributed by atoms with Crippen LogP contribution in [-0.4, -0.2) is 16.1 Å². The molecule has 0 amide bonds. The number of aliphatic carboxylic acids is 1. The van der Waals surface area contributed by atoms with Crippen molar-refractivity contribution >= 4 is 21.9 Å². The van der Waals surface area contributed by atoms with Crippen molar-refractivity contribution in [3.05, 3.63) is 28.5 Å². The Labute approximate surface area is 78.6 Å². The smallest absolute Gasteiger partial charge is 0.312 e. The van der Waals surface area contributed by atoms with Crippen LogP contribution in [0.1, 0.15) is 18.5 Å². The lowest BCUT2D eigenvalue weighted by molar-refractivity contribution is -0.138. The molecule has 0 saturated carbocycles. The molecule has 0 aliphatic heterocycles. The van der Waals surface area contributed by atoms with Crippen LogP contribution in [0, 0.1) is 0 Å². The summed E-state index contributed by atoms with van der Waals surface area (Å²) in [5.74, 6) is -1.41. The van der Waals surface area contributed by atoms with Crippen molar-refractivity contribution in [1.29, 1.82) is 0 Å². The minimum Gasteiger partial charge on any atom is -0.481 e. The van der Waals surface area contributed by atoms with Crippen molar-refractivity contribution in [2.75, 3.05) is 0 Å². The molecule has 0 spiro atoms. The summed E-state index contributed by atoms with van der Waals surface area (Å²) in [5, 5.41) is 8.67. The molecule has 4 heteroatoms. The van der Waals surface area contributed by atoms with E-state index in [0.29, 0.717) is 5.69 Å². The van der Waals surface area contributed by atoms with Crippen LogP contribution < -0.4 is 0 Å². The highest BCUT2D eigenvalue weighted by atomic mass is 79.9. The Kier molecular flexibility index (Phi) is 2.81. The standard InChI is InChI=1S/C8H8BrNO2/c1-5(8(11)12)7-4-6(9)2-3-10-7/h2-5H,1H3,(H,11,12). The summed E-state index contributed by atoms with van der Waals surface area (Å²) < 4.78 is 0.848. The first-order chi connectivity index (χ1) is 5.61. The second-order valence-electron chi connectivity index (χ2n) is 2.46. The van der Waals surface area contributed by atoms with Gasteiger partial charge in [0.05, 0.1) is 11.6 Å². The van der Waals surface area contributed by atoms with Crippen molar-refractivity contribution in [3.63, 3.8) is 0 Å². The van der Waals surface area contributed by atoms with Crippen molar-refractivity contribution in [2.24, 2.45) is 0 Å². The van der Waals surface area contributed by atoms with Crippen molar-refractivity contribution in [1.82, 2.24) is 4.98 Å². The van der Waals surface area contributed by atoms with Crippen LogP contribution in [0.5, 0.6) is 0 Å². The SMILES string of the molecule is CC(C(=O)O)c1cc(Br)ccn1. The van der Waals surface area contributed by atoms with Gasteiger partial charge in [-0.15, -0.1) is 0 Å². The minimum absolute atomic E-state index is 0.553. The molecule has 0 radical (unpaired) electrons. The molecule has 1 rings (SSSR count). The Morgan fingerprint density at radius 1 is 1.75 bits per heavy atom. The van der Waals surface area contributed by atoms with Gasteiger partial charge in [-0.2, -0.15) is 0 Å². The van der Waals surface area contributed by atoms with Crippen molar-refractivity contribution in [2.45, 2.75) is 12.8 Å². The molecule has 0 saturated heterocycles. The van der Waals surface area contributed by atoms with Crippen LogP contribution in [0.15, 0.2) is 22.8 Å². The van der Waals surface area contributed by atoms with E-state index in [1.807, 2.05) is 0 Å². The fourth-order valence-electron chi connectivity index (χ4n) is 0.785. The molecule has 0 fully saturated rings. The summed E-state index contributed by atoms with van der Waals surface area (Å²) in [5.41, 5.74) is 0.567. The Morgan fingerprint density at radius 3 is 2.92 bits per heavy atom. The third-order valence-electron chi connectivity index (χ3n) is 1.56. The second kappa shape index (κ2) is 3.67. The molecule has 0 aromatic carbocycles. The molecular weight excluding hydrogens is 222 g/mol. The largest absolute Gasteiger partial charge is 0.481 e. The Balaban J connectivity index is 2.95. The fraction of sp³-hybridized carbons (Fsp3) is 0.250. The zero-order chi connectivity index (χ0) is 9.14. The van der Waals surface area contributed by atoms with Gasteiger partial charge in [-0.05, 0) is 19.1 Å². The predicted octanol–water partition coefficient (Wildman–Crippen LogP) is 2.03. The zero-order valence-corrected chi connectivity index (χ0v) is 8.08. The maximum Gasteiger partial charge on any atom is 0.312 e. The minimum atomic E-state index is -0.861. The first kappa shape index (κ1) is 9.19. The van der Waals surface area contributed by atoms with Gasteiger partial charge in [-0.3, -0.25) is 9.78 Å². The van der Waals surface area contributed by atoms with Gasteiger partial charge in [0.15, 0.2) is 0 Å². The van der Waals surface area contributed by atoms with Crippen LogP contribution in [0.25, 0.3) is 0 Å². The van der Waals surface area contributed by atoms with E-state index in [0.717, 1.165) is 4.47 Å². The monoisotopic (exact) mass is 229 g/mol. The van der Waals surface area contributed by atoms with E-state index in [-0.39, 0.29) is 0 Å². The lowest BCUT2D eigenvalue weighted by Gasteiger charge is -2.04. The highest BCUT2D eigenvalue weighted by Crippen LogP contribution is 2.16. The number of nitrogens with zero attached hydrogens (tertiary/aromatic N) is 1. The molecule has 1 aromatic heterocycles. The third kappa shape index (κ3) is 2.04. The van der Waals surface area contributed by atoms with E-state index in [4.69, 9.17) is 5.11 Å². The first-order valence-corrected chi connectivity index (χ1v) is 4.25. The second-order valence-corrected chi connectivity index (χ2v) is 3.37. The number of carboxylic acids is 1. The molecule has 1 unspecified atom stereocenters. The molecule has 0 aliphatic carbocycles. The van der Waals surface area contributed by atoms with E-state index < -0.39 is 11.9 Å². The van der Waals surface area contributed by atoms with E-state index >= 15 is 0 Å². The third-order valence-corrected chi connectivity index (χ3v) is 2.05. The van der Waals surface area contributed by atoms with Crippen molar-refractivity contribution < 1.29 is 9.90 Å². The summed E-state index contributed by atoms with van der Waals surface area (Å²) in [6.07, 6.45) is 1.58. The molecule has 0 aliphatic rings. The maximum atomic E-state index is 10.6. The molecule has 12 heavy (non-hydrogen) atoms. The van der Waals surface area contributed by atoms with Crippen LogP contribution in [0.3, 0.4) is 0 Å². The summed E-state index contributed by atoms with van der Waals surface area (Å²) in [6, 6.07) is 3.47. The molecule has 3 nitrogen and oxygen atoms in total. The quantitative estimate of drug-likeness (QED) is 0.845. The van der Waals surface area contributed by atoms with Crippen LogP contribution in [0.2, 0.25) is 0 Å². The normalized spacial score (nSPS) is 12.5. The number of pyridine rings is 1. The van der Waals surface area contributed by atoms with Gasteiger partial charge in [-0.25, -0.2) is 0 Å². The van der Waals surface area contributed by atoms with Gasteiger partial charge in [0.2, 0.25) is 0 Å². The van der Waals surface area contributed by atoms with E-state index in [2.05, 4.69) is 20.9 Å². The van der Waals surface area contributed by atoms with Crippen molar-refractivity contribution in [3.8, 4) is 0 Å². The fourth-order valence-corrected chi connectivity index (χ4v) is 1.14. The number of carbonyl (C=O) groups is 1. The molecule has 0 bridgehead atoms. The summed E-state index contributed by atoms with van der Waals surface area (Å²) in [6.45, 7) is 1.61.